The molecule has 2 rings (SSSR count). The highest BCUT2D eigenvalue weighted by Gasteiger charge is 2.30. The average Bonchev–Trinajstić information content (AvgIpc) is 2.82. The first-order chi connectivity index (χ1) is 9.42. The Kier molecular flexibility index (Phi) is 4.29. The monoisotopic (exact) mass is 285 g/mol. The third-order valence-corrected chi connectivity index (χ3v) is 2.58. The maximum absolute atomic E-state index is 12.0. The number of hydrogen-bond donors (Lipinski definition) is 1. The molecule has 0 amide bonds. The third kappa shape index (κ3) is 4.58. The Bertz CT molecular complexity index is 523. The summed E-state index contributed by atoms with van der Waals surface area (Å²) in [6, 6.07) is 5.84. The van der Waals surface area contributed by atoms with Crippen LogP contribution in [0.1, 0.15) is 11.4 Å². The van der Waals surface area contributed by atoms with Gasteiger partial charge in [0.1, 0.15) is 11.6 Å². The molecule has 0 unspecified atom stereocenters. The Balaban J connectivity index is 1.90. The molecule has 0 spiro atoms. The first-order valence-corrected chi connectivity index (χ1v) is 5.94. The van der Waals surface area contributed by atoms with E-state index in [-0.39, 0.29) is 5.75 Å². The van der Waals surface area contributed by atoms with Crippen molar-refractivity contribution in [1.29, 1.82) is 0 Å². The quantitative estimate of drug-likeness (QED) is 0.918. The molecular formula is C13H14F3N3O. The SMILES string of the molecule is CN(Cc1ccc(OC(F)(F)F)cc1)Cc1ncc[nH]1. The molecule has 0 saturated carbocycles. The van der Waals surface area contributed by atoms with Gasteiger partial charge in [-0.2, -0.15) is 0 Å². The van der Waals surface area contributed by atoms with Crippen LogP contribution in [0.4, 0.5) is 13.2 Å². The van der Waals surface area contributed by atoms with Crippen molar-refractivity contribution >= 4 is 0 Å². The van der Waals surface area contributed by atoms with Crippen molar-refractivity contribution in [1.82, 2.24) is 14.9 Å². The lowest BCUT2D eigenvalue weighted by Crippen LogP contribution is -2.18. The van der Waals surface area contributed by atoms with Crippen LogP contribution in [0, 0.1) is 0 Å². The van der Waals surface area contributed by atoms with E-state index in [1.165, 1.54) is 12.1 Å². The molecular weight excluding hydrogens is 271 g/mol. The minimum absolute atomic E-state index is 0.213. The van der Waals surface area contributed by atoms with Gasteiger partial charge in [-0.15, -0.1) is 13.2 Å². The predicted molar refractivity (Wildman–Crippen MR) is 66.9 cm³/mol. The van der Waals surface area contributed by atoms with E-state index in [1.54, 1.807) is 24.5 Å². The molecule has 20 heavy (non-hydrogen) atoms. The largest absolute Gasteiger partial charge is 0.573 e. The van der Waals surface area contributed by atoms with Crippen LogP contribution in [-0.2, 0) is 13.1 Å². The fourth-order valence-corrected chi connectivity index (χ4v) is 1.80. The van der Waals surface area contributed by atoms with Crippen LogP contribution in [-0.4, -0.2) is 28.3 Å². The van der Waals surface area contributed by atoms with Crippen LogP contribution >= 0.6 is 0 Å². The predicted octanol–water partition coefficient (Wildman–Crippen LogP) is 2.94. The first kappa shape index (κ1) is 14.4. The number of rotatable bonds is 5. The number of aromatic amines is 1. The van der Waals surface area contributed by atoms with Crippen molar-refractivity contribution in [3.8, 4) is 5.75 Å². The number of benzene rings is 1. The second kappa shape index (κ2) is 5.96. The number of ether oxygens (including phenoxy) is 1. The van der Waals surface area contributed by atoms with Gasteiger partial charge in [-0.25, -0.2) is 4.98 Å². The fourth-order valence-electron chi connectivity index (χ4n) is 1.80. The molecule has 4 nitrogen and oxygen atoms in total. The van der Waals surface area contributed by atoms with Crippen molar-refractivity contribution in [3.63, 3.8) is 0 Å². The highest BCUT2D eigenvalue weighted by Crippen LogP contribution is 2.23. The molecule has 0 atom stereocenters. The standard InChI is InChI=1S/C13H14F3N3O/c1-19(9-12-17-6-7-18-12)8-10-2-4-11(5-3-10)20-13(14,15)16/h2-7H,8-9H2,1H3,(H,17,18). The maximum Gasteiger partial charge on any atom is 0.573 e. The van der Waals surface area contributed by atoms with E-state index in [0.717, 1.165) is 11.4 Å². The minimum Gasteiger partial charge on any atom is -0.406 e. The van der Waals surface area contributed by atoms with Gasteiger partial charge in [0.2, 0.25) is 0 Å². The number of halogens is 3. The van der Waals surface area contributed by atoms with Gasteiger partial charge in [-0.05, 0) is 24.7 Å². The van der Waals surface area contributed by atoms with Crippen LogP contribution in [0.3, 0.4) is 0 Å². The summed E-state index contributed by atoms with van der Waals surface area (Å²) >= 11 is 0. The number of imidazole rings is 1. The lowest BCUT2D eigenvalue weighted by atomic mass is 10.2. The van der Waals surface area contributed by atoms with E-state index in [0.29, 0.717) is 13.1 Å². The molecule has 1 aromatic carbocycles. The molecule has 108 valence electrons. The molecule has 0 aliphatic carbocycles. The van der Waals surface area contributed by atoms with Gasteiger partial charge < -0.3 is 9.72 Å². The topological polar surface area (TPSA) is 41.1 Å². The van der Waals surface area contributed by atoms with Crippen molar-refractivity contribution < 1.29 is 17.9 Å². The van der Waals surface area contributed by atoms with Gasteiger partial charge in [0.25, 0.3) is 0 Å². The Morgan fingerprint density at radius 1 is 1.20 bits per heavy atom. The molecule has 0 radical (unpaired) electrons. The van der Waals surface area contributed by atoms with Crippen molar-refractivity contribution in [2.24, 2.45) is 0 Å². The molecule has 1 heterocycles. The highest BCUT2D eigenvalue weighted by atomic mass is 19.4. The lowest BCUT2D eigenvalue weighted by Gasteiger charge is -2.15. The van der Waals surface area contributed by atoms with Crippen LogP contribution in [0.15, 0.2) is 36.7 Å². The molecule has 0 saturated heterocycles. The van der Waals surface area contributed by atoms with Crippen LogP contribution in [0.2, 0.25) is 0 Å². The van der Waals surface area contributed by atoms with E-state index >= 15 is 0 Å². The summed E-state index contributed by atoms with van der Waals surface area (Å²) in [6.07, 6.45) is -1.24. The second-order valence-electron chi connectivity index (χ2n) is 4.40. The van der Waals surface area contributed by atoms with E-state index in [4.69, 9.17) is 0 Å². The molecule has 1 aromatic heterocycles. The number of aromatic nitrogens is 2. The zero-order valence-corrected chi connectivity index (χ0v) is 10.8. The number of nitrogens with zero attached hydrogens (tertiary/aromatic N) is 2. The van der Waals surface area contributed by atoms with Gasteiger partial charge in [-0.1, -0.05) is 12.1 Å². The van der Waals surface area contributed by atoms with Crippen LogP contribution < -0.4 is 4.74 Å². The Labute approximate surface area is 114 Å². The van der Waals surface area contributed by atoms with Gasteiger partial charge >= 0.3 is 6.36 Å². The third-order valence-electron chi connectivity index (χ3n) is 2.58. The Morgan fingerprint density at radius 2 is 1.90 bits per heavy atom. The Morgan fingerprint density at radius 3 is 2.45 bits per heavy atom. The van der Waals surface area contributed by atoms with Crippen molar-refractivity contribution in [3.05, 3.63) is 48.0 Å². The smallest absolute Gasteiger partial charge is 0.406 e. The number of H-pyrrole nitrogens is 1. The summed E-state index contributed by atoms with van der Waals surface area (Å²) in [7, 11) is 1.91. The maximum atomic E-state index is 12.0. The summed E-state index contributed by atoms with van der Waals surface area (Å²) in [5.41, 5.74) is 0.897. The van der Waals surface area contributed by atoms with E-state index in [9.17, 15) is 13.2 Å². The molecule has 0 aliphatic rings. The van der Waals surface area contributed by atoms with Crippen LogP contribution in [0.25, 0.3) is 0 Å². The summed E-state index contributed by atoms with van der Waals surface area (Å²) in [5, 5.41) is 0. The van der Waals surface area contributed by atoms with Gasteiger partial charge in [0, 0.05) is 18.9 Å². The van der Waals surface area contributed by atoms with E-state index in [2.05, 4.69) is 14.7 Å². The number of nitrogens with one attached hydrogen (secondary N) is 1. The normalized spacial score (nSPS) is 11.8. The summed E-state index contributed by atoms with van der Waals surface area (Å²) < 4.78 is 39.9. The molecule has 0 aliphatic heterocycles. The van der Waals surface area contributed by atoms with Crippen molar-refractivity contribution in [2.75, 3.05) is 7.05 Å². The first-order valence-electron chi connectivity index (χ1n) is 5.94. The van der Waals surface area contributed by atoms with E-state index in [1.807, 2.05) is 11.9 Å². The zero-order chi connectivity index (χ0) is 14.6. The number of alkyl halides is 3. The molecule has 7 heteroatoms. The lowest BCUT2D eigenvalue weighted by molar-refractivity contribution is -0.274. The summed E-state index contributed by atoms with van der Waals surface area (Å²) in [4.78, 5) is 9.10. The number of hydrogen-bond acceptors (Lipinski definition) is 3. The minimum atomic E-state index is -4.66. The second-order valence-corrected chi connectivity index (χ2v) is 4.40. The van der Waals surface area contributed by atoms with Crippen LogP contribution in [0.5, 0.6) is 5.75 Å². The molecule has 0 fully saturated rings. The zero-order valence-electron chi connectivity index (χ0n) is 10.8. The Hall–Kier alpha value is -2.02. The van der Waals surface area contributed by atoms with Gasteiger partial charge in [-0.3, -0.25) is 4.90 Å². The summed E-state index contributed by atoms with van der Waals surface area (Å²) in [6.45, 7) is 1.24. The van der Waals surface area contributed by atoms with Gasteiger partial charge in [0.05, 0.1) is 6.54 Å². The fraction of sp³-hybridized carbons (Fsp3) is 0.308. The average molecular weight is 285 g/mol. The van der Waals surface area contributed by atoms with Gasteiger partial charge in [0.15, 0.2) is 0 Å². The highest BCUT2D eigenvalue weighted by molar-refractivity contribution is 5.27. The van der Waals surface area contributed by atoms with Crippen molar-refractivity contribution in [2.45, 2.75) is 19.5 Å². The summed E-state index contributed by atoms with van der Waals surface area (Å²) in [5.74, 6) is 0.625. The molecule has 0 bridgehead atoms. The molecule has 2 aromatic rings. The van der Waals surface area contributed by atoms with E-state index < -0.39 is 6.36 Å². The molecule has 1 N–H and O–H groups in total.